The fourth-order valence-electron chi connectivity index (χ4n) is 2.85. The normalized spacial score (nSPS) is 18.0. The first-order chi connectivity index (χ1) is 11.5. The summed E-state index contributed by atoms with van der Waals surface area (Å²) in [6.45, 7) is -0.0210. The van der Waals surface area contributed by atoms with Crippen molar-refractivity contribution in [1.82, 2.24) is 24.2 Å². The monoisotopic (exact) mass is 379 g/mol. The summed E-state index contributed by atoms with van der Waals surface area (Å²) in [6, 6.07) is 0. The van der Waals surface area contributed by atoms with Crippen LogP contribution in [0.3, 0.4) is 0 Å². The van der Waals surface area contributed by atoms with Crippen molar-refractivity contribution in [1.29, 1.82) is 0 Å². The zero-order valence-corrected chi connectivity index (χ0v) is 13.7. The lowest BCUT2D eigenvalue weighted by atomic mass is 9.97. The van der Waals surface area contributed by atoms with Gasteiger partial charge in [-0.3, -0.25) is 0 Å². The molecular formula is C12H16F3N7O2S. The van der Waals surface area contributed by atoms with Crippen LogP contribution in [0.2, 0.25) is 0 Å². The highest BCUT2D eigenvalue weighted by molar-refractivity contribution is 7.89. The number of sulfonamides is 1. The number of aromatic amines is 1. The van der Waals surface area contributed by atoms with Gasteiger partial charge in [-0.25, -0.2) is 17.7 Å². The number of anilines is 2. The third kappa shape index (κ3) is 3.76. The highest BCUT2D eigenvalue weighted by Gasteiger charge is 2.39. The van der Waals surface area contributed by atoms with Crippen LogP contribution in [0.25, 0.3) is 11.2 Å². The number of rotatable bonds is 3. The quantitative estimate of drug-likeness (QED) is 0.708. The number of halogens is 3. The van der Waals surface area contributed by atoms with Crippen LogP contribution in [-0.4, -0.2) is 57.7 Å². The number of aromatic nitrogens is 4. The SMILES string of the molecule is Nc1nc(N)c2[nH]c(C3CCN(S(=O)(=O)CC(F)(F)F)CC3)nc2n1. The van der Waals surface area contributed by atoms with Crippen LogP contribution < -0.4 is 11.5 Å². The summed E-state index contributed by atoms with van der Waals surface area (Å²) in [7, 11) is -4.36. The van der Waals surface area contributed by atoms with Gasteiger partial charge < -0.3 is 16.5 Å². The fourth-order valence-corrected chi connectivity index (χ4v) is 4.22. The molecule has 0 amide bonds. The molecule has 138 valence electrons. The van der Waals surface area contributed by atoms with Gasteiger partial charge in [0.1, 0.15) is 11.3 Å². The lowest BCUT2D eigenvalue weighted by Crippen LogP contribution is -2.42. The summed E-state index contributed by atoms with van der Waals surface area (Å²) in [5.74, 6) is -1.33. The Balaban J connectivity index is 1.73. The van der Waals surface area contributed by atoms with Gasteiger partial charge in [0.15, 0.2) is 17.2 Å². The van der Waals surface area contributed by atoms with Crippen molar-refractivity contribution >= 4 is 33.0 Å². The molecule has 25 heavy (non-hydrogen) atoms. The van der Waals surface area contributed by atoms with Crippen molar-refractivity contribution in [3.63, 3.8) is 0 Å². The third-order valence-electron chi connectivity index (χ3n) is 3.99. The van der Waals surface area contributed by atoms with Crippen LogP contribution >= 0.6 is 0 Å². The van der Waals surface area contributed by atoms with Gasteiger partial charge in [0, 0.05) is 19.0 Å². The number of hydrogen-bond acceptors (Lipinski definition) is 7. The zero-order chi connectivity index (χ0) is 18.4. The van der Waals surface area contributed by atoms with Gasteiger partial charge in [0.05, 0.1) is 0 Å². The summed E-state index contributed by atoms with van der Waals surface area (Å²) in [6.07, 6.45) is -4.09. The van der Waals surface area contributed by atoms with E-state index in [1.807, 2.05) is 0 Å². The Labute approximate surface area is 140 Å². The second kappa shape index (κ2) is 5.98. The molecule has 0 aromatic carbocycles. The number of nitrogen functional groups attached to an aromatic ring is 2. The number of hydrogen-bond donors (Lipinski definition) is 3. The molecule has 1 saturated heterocycles. The summed E-state index contributed by atoms with van der Waals surface area (Å²) in [5.41, 5.74) is 12.0. The molecule has 0 saturated carbocycles. The Morgan fingerprint density at radius 2 is 1.80 bits per heavy atom. The smallest absolute Gasteiger partial charge is 0.382 e. The molecule has 0 aliphatic carbocycles. The Bertz CT molecular complexity index is 888. The molecule has 1 aliphatic heterocycles. The van der Waals surface area contributed by atoms with E-state index in [1.54, 1.807) is 0 Å². The summed E-state index contributed by atoms with van der Waals surface area (Å²) in [4.78, 5) is 15.1. The molecule has 0 atom stereocenters. The molecule has 13 heteroatoms. The van der Waals surface area contributed by atoms with E-state index in [-0.39, 0.29) is 30.8 Å². The Kier molecular flexibility index (Phi) is 4.23. The van der Waals surface area contributed by atoms with Crippen molar-refractivity contribution < 1.29 is 21.6 Å². The van der Waals surface area contributed by atoms with E-state index in [2.05, 4.69) is 19.9 Å². The van der Waals surface area contributed by atoms with Crippen LogP contribution in [0.5, 0.6) is 0 Å². The minimum Gasteiger partial charge on any atom is -0.382 e. The van der Waals surface area contributed by atoms with E-state index < -0.39 is 22.0 Å². The second-order valence-electron chi connectivity index (χ2n) is 5.83. The van der Waals surface area contributed by atoms with Gasteiger partial charge in [0.2, 0.25) is 16.0 Å². The van der Waals surface area contributed by atoms with E-state index in [1.165, 1.54) is 0 Å². The van der Waals surface area contributed by atoms with Crippen LogP contribution in [0.1, 0.15) is 24.6 Å². The topological polar surface area (TPSA) is 144 Å². The maximum atomic E-state index is 12.4. The molecule has 3 rings (SSSR count). The number of nitrogens with two attached hydrogens (primary N) is 2. The number of imidazole rings is 1. The van der Waals surface area contributed by atoms with E-state index in [0.717, 1.165) is 4.31 Å². The van der Waals surface area contributed by atoms with Gasteiger partial charge in [-0.2, -0.15) is 23.1 Å². The molecular weight excluding hydrogens is 363 g/mol. The number of H-pyrrole nitrogens is 1. The molecule has 0 bridgehead atoms. The van der Waals surface area contributed by atoms with Crippen LogP contribution in [0, 0.1) is 0 Å². The van der Waals surface area contributed by atoms with Gasteiger partial charge in [-0.15, -0.1) is 0 Å². The first kappa shape index (κ1) is 17.7. The van der Waals surface area contributed by atoms with E-state index >= 15 is 0 Å². The predicted molar refractivity (Wildman–Crippen MR) is 83.9 cm³/mol. The molecule has 0 radical (unpaired) electrons. The van der Waals surface area contributed by atoms with Gasteiger partial charge in [-0.05, 0) is 12.8 Å². The number of nitrogens with zero attached hydrogens (tertiary/aromatic N) is 4. The van der Waals surface area contributed by atoms with Gasteiger partial charge in [0.25, 0.3) is 0 Å². The Morgan fingerprint density at radius 3 is 2.40 bits per heavy atom. The minimum atomic E-state index is -4.76. The highest BCUT2D eigenvalue weighted by atomic mass is 32.2. The Hall–Kier alpha value is -2.15. The third-order valence-corrected chi connectivity index (χ3v) is 5.84. The number of piperidine rings is 1. The largest absolute Gasteiger partial charge is 0.404 e. The lowest BCUT2D eigenvalue weighted by molar-refractivity contribution is -0.107. The summed E-state index contributed by atoms with van der Waals surface area (Å²) >= 11 is 0. The predicted octanol–water partition coefficient (Wildman–Crippen LogP) is 0.589. The van der Waals surface area contributed by atoms with E-state index in [0.29, 0.717) is 29.8 Å². The Morgan fingerprint density at radius 1 is 1.16 bits per heavy atom. The maximum Gasteiger partial charge on any atom is 0.404 e. The average molecular weight is 379 g/mol. The minimum absolute atomic E-state index is 0.0105. The van der Waals surface area contributed by atoms with Gasteiger partial charge in [-0.1, -0.05) is 0 Å². The fraction of sp³-hybridized carbons (Fsp3) is 0.583. The number of fused-ring (bicyclic) bond motifs is 1. The van der Waals surface area contributed by atoms with Crippen molar-refractivity contribution in [2.24, 2.45) is 0 Å². The molecule has 3 heterocycles. The van der Waals surface area contributed by atoms with E-state index in [4.69, 9.17) is 11.5 Å². The van der Waals surface area contributed by atoms with E-state index in [9.17, 15) is 21.6 Å². The standard InChI is InChI=1S/C12H16F3N7O2S/c13-12(14,15)5-25(23,24)22-3-1-6(2-4-22)9-18-7-8(16)19-11(17)21-10(7)20-9/h6H,1-5H2,(H5,16,17,18,19,20,21). The van der Waals surface area contributed by atoms with Crippen LogP contribution in [-0.2, 0) is 10.0 Å². The van der Waals surface area contributed by atoms with Crippen molar-refractivity contribution in [2.45, 2.75) is 24.9 Å². The molecule has 1 aliphatic rings. The van der Waals surface area contributed by atoms with Gasteiger partial charge >= 0.3 is 6.18 Å². The summed E-state index contributed by atoms with van der Waals surface area (Å²) < 4.78 is 61.6. The molecule has 5 N–H and O–H groups in total. The number of alkyl halides is 3. The van der Waals surface area contributed by atoms with Crippen molar-refractivity contribution in [3.8, 4) is 0 Å². The van der Waals surface area contributed by atoms with Crippen molar-refractivity contribution in [3.05, 3.63) is 5.82 Å². The molecule has 2 aromatic rings. The second-order valence-corrected chi connectivity index (χ2v) is 7.80. The summed E-state index contributed by atoms with van der Waals surface area (Å²) in [5, 5.41) is 0. The van der Waals surface area contributed by atoms with Crippen LogP contribution in [0.15, 0.2) is 0 Å². The molecule has 9 nitrogen and oxygen atoms in total. The molecule has 2 aromatic heterocycles. The lowest BCUT2D eigenvalue weighted by Gasteiger charge is -2.30. The van der Waals surface area contributed by atoms with Crippen molar-refractivity contribution in [2.75, 3.05) is 30.3 Å². The average Bonchev–Trinajstić information content (AvgIpc) is 2.89. The first-order valence-corrected chi connectivity index (χ1v) is 8.99. The van der Waals surface area contributed by atoms with Crippen LogP contribution in [0.4, 0.5) is 24.9 Å². The molecule has 0 spiro atoms. The molecule has 1 fully saturated rings. The molecule has 0 unspecified atom stereocenters. The number of nitrogens with one attached hydrogen (secondary N) is 1. The zero-order valence-electron chi connectivity index (χ0n) is 12.9. The first-order valence-electron chi connectivity index (χ1n) is 7.38. The maximum absolute atomic E-state index is 12.4. The highest BCUT2D eigenvalue weighted by Crippen LogP contribution is 2.30.